The minimum absolute atomic E-state index is 0.152. The standard InChI is InChI=1S/C18H17IN2O2S/c1-2-23-15-8-11(7-14(19)17(15)22)10-21-18-13(9-20)12-5-3-4-6-16(12)24-18/h7-8,10,22H,2-6H2,1H3/b21-10+. The van der Waals surface area contributed by atoms with Crippen LogP contribution < -0.4 is 4.74 Å². The molecule has 1 aliphatic carbocycles. The van der Waals surface area contributed by atoms with Crippen LogP contribution in [0.15, 0.2) is 17.1 Å². The largest absolute Gasteiger partial charge is 0.504 e. The number of fused-ring (bicyclic) bond motifs is 1. The van der Waals surface area contributed by atoms with E-state index in [2.05, 4.69) is 33.7 Å². The third-order valence-corrected chi connectivity index (χ3v) is 5.97. The van der Waals surface area contributed by atoms with Gasteiger partial charge in [0.15, 0.2) is 11.5 Å². The van der Waals surface area contributed by atoms with Gasteiger partial charge in [0.1, 0.15) is 11.1 Å². The molecule has 0 saturated carbocycles. The van der Waals surface area contributed by atoms with Crippen molar-refractivity contribution >= 4 is 45.1 Å². The summed E-state index contributed by atoms with van der Waals surface area (Å²) in [6.07, 6.45) is 6.11. The molecule has 1 aromatic carbocycles. The van der Waals surface area contributed by atoms with Gasteiger partial charge in [-0.15, -0.1) is 11.3 Å². The molecule has 6 heteroatoms. The average molecular weight is 452 g/mol. The zero-order valence-electron chi connectivity index (χ0n) is 13.3. The fourth-order valence-corrected chi connectivity index (χ4v) is 4.63. The number of rotatable bonds is 4. The molecule has 0 unspecified atom stereocenters. The van der Waals surface area contributed by atoms with Gasteiger partial charge < -0.3 is 9.84 Å². The lowest BCUT2D eigenvalue weighted by molar-refractivity contribution is 0.317. The molecule has 2 aromatic rings. The van der Waals surface area contributed by atoms with E-state index in [0.29, 0.717) is 15.9 Å². The molecule has 4 nitrogen and oxygen atoms in total. The van der Waals surface area contributed by atoms with Gasteiger partial charge in [-0.25, -0.2) is 4.99 Å². The van der Waals surface area contributed by atoms with Crippen LogP contribution in [0.4, 0.5) is 5.00 Å². The van der Waals surface area contributed by atoms with Crippen molar-refractivity contribution in [1.82, 2.24) is 0 Å². The molecule has 1 heterocycles. The summed E-state index contributed by atoms with van der Waals surface area (Å²) in [6, 6.07) is 5.94. The summed E-state index contributed by atoms with van der Waals surface area (Å²) in [5.74, 6) is 0.607. The first-order valence-corrected chi connectivity index (χ1v) is 9.77. The number of aromatic hydroxyl groups is 1. The highest BCUT2D eigenvalue weighted by Crippen LogP contribution is 2.39. The lowest BCUT2D eigenvalue weighted by atomic mass is 9.96. The minimum atomic E-state index is 0.152. The monoisotopic (exact) mass is 452 g/mol. The van der Waals surface area contributed by atoms with Gasteiger partial charge in [0.2, 0.25) is 0 Å². The Labute approximate surface area is 159 Å². The second-order valence-corrected chi connectivity index (χ2v) is 7.79. The highest BCUT2D eigenvalue weighted by atomic mass is 127. The van der Waals surface area contributed by atoms with Crippen molar-refractivity contribution in [2.45, 2.75) is 32.6 Å². The molecular formula is C18H17IN2O2S. The number of nitriles is 1. The molecular weight excluding hydrogens is 435 g/mol. The predicted octanol–water partition coefficient (Wildman–Crippen LogP) is 4.96. The van der Waals surface area contributed by atoms with E-state index in [1.54, 1.807) is 23.6 Å². The smallest absolute Gasteiger partial charge is 0.171 e. The normalized spacial score (nSPS) is 13.7. The molecule has 0 aliphatic heterocycles. The van der Waals surface area contributed by atoms with Crippen LogP contribution >= 0.6 is 33.9 Å². The van der Waals surface area contributed by atoms with Crippen LogP contribution in [0, 0.1) is 14.9 Å². The summed E-state index contributed by atoms with van der Waals surface area (Å²) >= 11 is 3.70. The summed E-state index contributed by atoms with van der Waals surface area (Å²) < 4.78 is 6.17. The number of hydrogen-bond acceptors (Lipinski definition) is 5. The third kappa shape index (κ3) is 3.42. The SMILES string of the molecule is CCOc1cc(/C=N/c2sc3c(c2C#N)CCCC3)cc(I)c1O. The van der Waals surface area contributed by atoms with Gasteiger partial charge in [-0.3, -0.25) is 0 Å². The Hall–Kier alpha value is -1.59. The molecule has 0 amide bonds. The fourth-order valence-electron chi connectivity index (χ4n) is 2.82. The number of nitrogens with zero attached hydrogens (tertiary/aromatic N) is 2. The molecule has 124 valence electrons. The first kappa shape index (κ1) is 17.2. The Balaban J connectivity index is 1.94. The van der Waals surface area contributed by atoms with Crippen LogP contribution in [0.3, 0.4) is 0 Å². The maximum Gasteiger partial charge on any atom is 0.171 e. The highest BCUT2D eigenvalue weighted by Gasteiger charge is 2.20. The summed E-state index contributed by atoms with van der Waals surface area (Å²) in [4.78, 5) is 5.86. The Kier molecular flexibility index (Phi) is 5.41. The van der Waals surface area contributed by atoms with Crippen LogP contribution in [-0.2, 0) is 12.8 Å². The zero-order chi connectivity index (χ0) is 17.1. The number of halogens is 1. The summed E-state index contributed by atoms with van der Waals surface area (Å²) in [6.45, 7) is 2.36. The third-order valence-electron chi connectivity index (χ3n) is 3.95. The first-order chi connectivity index (χ1) is 11.6. The summed E-state index contributed by atoms with van der Waals surface area (Å²) in [5, 5.41) is 20.3. The van der Waals surface area contributed by atoms with Gasteiger partial charge in [-0.1, -0.05) is 0 Å². The fraction of sp³-hybridized carbons (Fsp3) is 0.333. The van der Waals surface area contributed by atoms with E-state index < -0.39 is 0 Å². The zero-order valence-corrected chi connectivity index (χ0v) is 16.3. The van der Waals surface area contributed by atoms with Gasteiger partial charge in [-0.2, -0.15) is 5.26 Å². The molecule has 0 bridgehead atoms. The second-order valence-electron chi connectivity index (χ2n) is 5.54. The van der Waals surface area contributed by atoms with Gasteiger partial charge in [-0.05, 0) is 78.5 Å². The van der Waals surface area contributed by atoms with Gasteiger partial charge in [0.05, 0.1) is 15.7 Å². The molecule has 0 spiro atoms. The van der Waals surface area contributed by atoms with E-state index in [1.807, 2.05) is 13.0 Å². The quantitative estimate of drug-likeness (QED) is 0.527. The van der Waals surface area contributed by atoms with Crippen molar-refractivity contribution in [1.29, 1.82) is 5.26 Å². The first-order valence-electron chi connectivity index (χ1n) is 7.88. The van der Waals surface area contributed by atoms with Crippen molar-refractivity contribution < 1.29 is 9.84 Å². The van der Waals surface area contributed by atoms with E-state index in [-0.39, 0.29) is 5.75 Å². The predicted molar refractivity (Wildman–Crippen MR) is 105 cm³/mol. The van der Waals surface area contributed by atoms with Crippen molar-refractivity contribution in [2.24, 2.45) is 4.99 Å². The summed E-state index contributed by atoms with van der Waals surface area (Å²) in [5.41, 5.74) is 2.76. The molecule has 0 saturated heterocycles. The van der Waals surface area contributed by atoms with E-state index in [0.717, 1.165) is 35.4 Å². The van der Waals surface area contributed by atoms with Crippen LogP contribution in [0.5, 0.6) is 11.5 Å². The molecule has 0 fully saturated rings. The lowest BCUT2D eigenvalue weighted by Crippen LogP contribution is -1.99. The number of aliphatic imine (C=N–C) groups is 1. The van der Waals surface area contributed by atoms with Crippen molar-refractivity contribution in [3.63, 3.8) is 0 Å². The van der Waals surface area contributed by atoms with Gasteiger partial charge >= 0.3 is 0 Å². The maximum atomic E-state index is 10.0. The Morgan fingerprint density at radius 1 is 1.42 bits per heavy atom. The second kappa shape index (κ2) is 7.53. The molecule has 24 heavy (non-hydrogen) atoms. The highest BCUT2D eigenvalue weighted by molar-refractivity contribution is 14.1. The van der Waals surface area contributed by atoms with Crippen LogP contribution in [-0.4, -0.2) is 17.9 Å². The molecule has 1 aromatic heterocycles. The number of thiophene rings is 1. The average Bonchev–Trinajstić information content (AvgIpc) is 2.95. The van der Waals surface area contributed by atoms with Gasteiger partial charge in [0.25, 0.3) is 0 Å². The van der Waals surface area contributed by atoms with E-state index in [9.17, 15) is 10.4 Å². The van der Waals surface area contributed by atoms with Crippen molar-refractivity contribution in [3.05, 3.63) is 37.3 Å². The number of hydrogen-bond donors (Lipinski definition) is 1. The van der Waals surface area contributed by atoms with Crippen molar-refractivity contribution in [2.75, 3.05) is 6.61 Å². The maximum absolute atomic E-state index is 10.0. The summed E-state index contributed by atoms with van der Waals surface area (Å²) in [7, 11) is 0. The lowest BCUT2D eigenvalue weighted by Gasteiger charge is -2.09. The Morgan fingerprint density at radius 3 is 2.96 bits per heavy atom. The molecule has 0 atom stereocenters. The molecule has 1 aliphatic rings. The van der Waals surface area contributed by atoms with Crippen LogP contribution in [0.25, 0.3) is 0 Å². The van der Waals surface area contributed by atoms with Crippen molar-refractivity contribution in [3.8, 4) is 17.6 Å². The Bertz CT molecular complexity index is 837. The Morgan fingerprint density at radius 2 is 2.21 bits per heavy atom. The van der Waals surface area contributed by atoms with E-state index in [1.165, 1.54) is 16.9 Å². The molecule has 0 radical (unpaired) electrons. The number of aryl methyl sites for hydroxylation is 1. The molecule has 1 N–H and O–H groups in total. The van der Waals surface area contributed by atoms with E-state index in [4.69, 9.17) is 4.74 Å². The van der Waals surface area contributed by atoms with Crippen LogP contribution in [0.2, 0.25) is 0 Å². The number of ether oxygens (including phenoxy) is 1. The van der Waals surface area contributed by atoms with Gasteiger partial charge in [0, 0.05) is 11.1 Å². The minimum Gasteiger partial charge on any atom is -0.504 e. The molecule has 3 rings (SSSR count). The number of phenols is 1. The topological polar surface area (TPSA) is 65.6 Å². The number of benzene rings is 1. The number of phenolic OH excluding ortho intramolecular Hbond substituents is 1. The van der Waals surface area contributed by atoms with Crippen LogP contribution in [0.1, 0.15) is 41.3 Å². The van der Waals surface area contributed by atoms with E-state index >= 15 is 0 Å².